The molecule has 1 aromatic heterocycles. The number of hydrogen-bond acceptors (Lipinski definition) is 4. The molecule has 1 fully saturated rings. The number of carbonyl (C=O) groups is 2. The molecule has 5 nitrogen and oxygen atoms in total. The van der Waals surface area contributed by atoms with Crippen molar-refractivity contribution >= 4 is 22.8 Å². The lowest BCUT2D eigenvalue weighted by molar-refractivity contribution is -0.135. The van der Waals surface area contributed by atoms with E-state index in [1.807, 2.05) is 35.2 Å². The molecule has 2 heterocycles. The van der Waals surface area contributed by atoms with E-state index in [-0.39, 0.29) is 12.5 Å². The largest absolute Gasteiger partial charge is 0.452 e. The van der Waals surface area contributed by atoms with Crippen LogP contribution in [0.25, 0.3) is 10.9 Å². The molecule has 33 heavy (non-hydrogen) atoms. The molecule has 0 unspecified atom stereocenters. The number of esters is 1. The third kappa shape index (κ3) is 4.77. The Kier molecular flexibility index (Phi) is 6.38. The first-order valence-corrected chi connectivity index (χ1v) is 12.1. The zero-order valence-corrected chi connectivity index (χ0v) is 19.0. The van der Waals surface area contributed by atoms with Crippen LogP contribution in [0.4, 0.5) is 0 Å². The van der Waals surface area contributed by atoms with Gasteiger partial charge in [-0.1, -0.05) is 48.5 Å². The topological polar surface area (TPSA) is 59.5 Å². The Morgan fingerprint density at radius 3 is 2.48 bits per heavy atom. The number of nitrogens with zero attached hydrogens (tertiary/aromatic N) is 2. The van der Waals surface area contributed by atoms with Gasteiger partial charge in [-0.05, 0) is 68.1 Å². The highest BCUT2D eigenvalue weighted by Gasteiger charge is 2.26. The predicted octanol–water partition coefficient (Wildman–Crippen LogP) is 4.75. The molecule has 1 saturated heterocycles. The van der Waals surface area contributed by atoms with Crippen molar-refractivity contribution in [2.24, 2.45) is 5.92 Å². The molecule has 0 radical (unpaired) electrons. The summed E-state index contributed by atoms with van der Waals surface area (Å²) in [7, 11) is 0. The maximum atomic E-state index is 13.2. The molecule has 0 atom stereocenters. The summed E-state index contributed by atoms with van der Waals surface area (Å²) in [5, 5.41) is 0.817. The van der Waals surface area contributed by atoms with E-state index in [4.69, 9.17) is 9.72 Å². The molecule has 5 heteroatoms. The third-order valence-corrected chi connectivity index (χ3v) is 7.03. The highest BCUT2D eigenvalue weighted by molar-refractivity contribution is 6.05. The van der Waals surface area contributed by atoms with Crippen LogP contribution in [0.1, 0.15) is 52.9 Å². The Hall–Kier alpha value is -3.21. The monoisotopic (exact) mass is 442 g/mol. The standard InChI is InChI=1S/C28H30N2O3/c31-26(30-16-14-21(15-17-30)18-20-8-2-1-3-9-20)19-33-28(32)27-22-10-4-6-12-24(22)29-25-13-7-5-11-23(25)27/h1-4,6,8-10,12,21H,5,7,11,13-19H2. The Bertz CT molecular complexity index is 1150. The highest BCUT2D eigenvalue weighted by atomic mass is 16.5. The minimum absolute atomic E-state index is 0.103. The van der Waals surface area contributed by atoms with E-state index in [1.165, 1.54) is 5.56 Å². The summed E-state index contributed by atoms with van der Waals surface area (Å²) in [5.74, 6) is 0.0847. The number of carbonyl (C=O) groups excluding carboxylic acids is 2. The van der Waals surface area contributed by atoms with E-state index in [0.717, 1.165) is 80.2 Å². The Balaban J connectivity index is 1.21. The van der Waals surface area contributed by atoms with Gasteiger partial charge in [0.05, 0.1) is 11.1 Å². The minimum Gasteiger partial charge on any atom is -0.452 e. The van der Waals surface area contributed by atoms with Gasteiger partial charge in [-0.25, -0.2) is 4.79 Å². The SMILES string of the molecule is O=C(OCC(=O)N1CCC(Cc2ccccc2)CC1)c1c2c(nc3ccccc13)CCCC2. The van der Waals surface area contributed by atoms with Crippen LogP contribution in [0.3, 0.4) is 0 Å². The van der Waals surface area contributed by atoms with Gasteiger partial charge >= 0.3 is 5.97 Å². The fourth-order valence-electron chi connectivity index (χ4n) is 5.23. The van der Waals surface area contributed by atoms with E-state index in [0.29, 0.717) is 11.5 Å². The normalized spacial score (nSPS) is 16.4. The van der Waals surface area contributed by atoms with Crippen LogP contribution in [0.2, 0.25) is 0 Å². The van der Waals surface area contributed by atoms with Crippen LogP contribution in [0.15, 0.2) is 54.6 Å². The summed E-state index contributed by atoms with van der Waals surface area (Å²) in [6, 6.07) is 18.2. The Morgan fingerprint density at radius 2 is 1.67 bits per heavy atom. The van der Waals surface area contributed by atoms with Crippen LogP contribution in [0.5, 0.6) is 0 Å². The molecule has 0 N–H and O–H groups in total. The minimum atomic E-state index is -0.404. The van der Waals surface area contributed by atoms with Crippen LogP contribution in [-0.4, -0.2) is 41.5 Å². The molecule has 1 aliphatic heterocycles. The fourth-order valence-corrected chi connectivity index (χ4v) is 5.23. The van der Waals surface area contributed by atoms with Gasteiger partial charge in [-0.2, -0.15) is 0 Å². The summed E-state index contributed by atoms with van der Waals surface area (Å²) >= 11 is 0. The van der Waals surface area contributed by atoms with Crippen LogP contribution < -0.4 is 0 Å². The van der Waals surface area contributed by atoms with Crippen LogP contribution in [-0.2, 0) is 28.8 Å². The number of para-hydroxylation sites is 1. The number of aromatic nitrogens is 1. The molecule has 0 spiro atoms. The summed E-state index contributed by atoms with van der Waals surface area (Å²) in [4.78, 5) is 32.6. The molecular weight excluding hydrogens is 412 g/mol. The van der Waals surface area contributed by atoms with Crippen LogP contribution >= 0.6 is 0 Å². The quantitative estimate of drug-likeness (QED) is 0.535. The average molecular weight is 443 g/mol. The molecular formula is C28H30N2O3. The van der Waals surface area contributed by atoms with Gasteiger partial charge in [-0.15, -0.1) is 0 Å². The maximum Gasteiger partial charge on any atom is 0.339 e. The molecule has 2 aromatic carbocycles. The van der Waals surface area contributed by atoms with Gasteiger partial charge in [0.15, 0.2) is 6.61 Å². The van der Waals surface area contributed by atoms with Crippen molar-refractivity contribution in [2.75, 3.05) is 19.7 Å². The van der Waals surface area contributed by atoms with Gasteiger partial charge in [0.25, 0.3) is 5.91 Å². The number of rotatable bonds is 5. The van der Waals surface area contributed by atoms with Gasteiger partial charge in [0.2, 0.25) is 0 Å². The molecule has 1 amide bonds. The summed E-state index contributed by atoms with van der Waals surface area (Å²) in [6.45, 7) is 1.25. The first kappa shape index (κ1) is 21.6. The summed E-state index contributed by atoms with van der Waals surface area (Å²) in [5.41, 5.74) is 4.77. The van der Waals surface area contributed by atoms with Crippen molar-refractivity contribution in [1.29, 1.82) is 0 Å². The van der Waals surface area contributed by atoms with E-state index in [2.05, 4.69) is 24.3 Å². The highest BCUT2D eigenvalue weighted by Crippen LogP contribution is 2.30. The number of ether oxygens (including phenoxy) is 1. The molecule has 3 aromatic rings. The number of aryl methyl sites for hydroxylation is 1. The molecule has 0 saturated carbocycles. The Morgan fingerprint density at radius 1 is 0.939 bits per heavy atom. The van der Waals surface area contributed by atoms with Crippen molar-refractivity contribution < 1.29 is 14.3 Å². The second-order valence-corrected chi connectivity index (χ2v) is 9.23. The lowest BCUT2D eigenvalue weighted by atomic mass is 9.90. The summed E-state index contributed by atoms with van der Waals surface area (Å²) in [6.07, 6.45) is 6.87. The number of amides is 1. The number of pyridine rings is 1. The van der Waals surface area contributed by atoms with E-state index < -0.39 is 5.97 Å². The maximum absolute atomic E-state index is 13.2. The zero-order valence-electron chi connectivity index (χ0n) is 19.0. The van der Waals surface area contributed by atoms with Gasteiger partial charge < -0.3 is 9.64 Å². The molecule has 2 aliphatic rings. The van der Waals surface area contributed by atoms with Crippen molar-refractivity contribution in [1.82, 2.24) is 9.88 Å². The third-order valence-electron chi connectivity index (χ3n) is 7.03. The number of piperidine rings is 1. The smallest absolute Gasteiger partial charge is 0.339 e. The van der Waals surface area contributed by atoms with Gasteiger partial charge in [0.1, 0.15) is 0 Å². The molecule has 0 bridgehead atoms. The molecule has 1 aliphatic carbocycles. The van der Waals surface area contributed by atoms with E-state index in [9.17, 15) is 9.59 Å². The Labute approximate surface area is 194 Å². The van der Waals surface area contributed by atoms with Crippen molar-refractivity contribution in [2.45, 2.75) is 44.9 Å². The number of benzene rings is 2. The van der Waals surface area contributed by atoms with Gasteiger partial charge in [0, 0.05) is 24.2 Å². The zero-order chi connectivity index (χ0) is 22.6. The number of likely N-dealkylation sites (tertiary alicyclic amines) is 1. The number of hydrogen-bond donors (Lipinski definition) is 0. The molecule has 170 valence electrons. The molecule has 5 rings (SSSR count). The predicted molar refractivity (Wildman–Crippen MR) is 128 cm³/mol. The lowest BCUT2D eigenvalue weighted by Gasteiger charge is -2.32. The number of fused-ring (bicyclic) bond motifs is 2. The first-order valence-electron chi connectivity index (χ1n) is 12.1. The van der Waals surface area contributed by atoms with Gasteiger partial charge in [-0.3, -0.25) is 9.78 Å². The van der Waals surface area contributed by atoms with E-state index >= 15 is 0 Å². The average Bonchev–Trinajstić information content (AvgIpc) is 2.86. The second-order valence-electron chi connectivity index (χ2n) is 9.23. The first-order chi connectivity index (χ1) is 16.2. The van der Waals surface area contributed by atoms with Crippen molar-refractivity contribution in [3.8, 4) is 0 Å². The van der Waals surface area contributed by atoms with E-state index in [1.54, 1.807) is 0 Å². The fraction of sp³-hybridized carbons (Fsp3) is 0.393. The summed E-state index contributed by atoms with van der Waals surface area (Å²) < 4.78 is 5.58. The second kappa shape index (κ2) is 9.74. The van der Waals surface area contributed by atoms with Crippen molar-refractivity contribution in [3.63, 3.8) is 0 Å². The van der Waals surface area contributed by atoms with Crippen molar-refractivity contribution in [3.05, 3.63) is 77.0 Å². The van der Waals surface area contributed by atoms with Crippen LogP contribution in [0, 0.1) is 5.92 Å². The lowest BCUT2D eigenvalue weighted by Crippen LogP contribution is -2.41.